The minimum Gasteiger partial charge on any atom is -0.390 e. The summed E-state index contributed by atoms with van der Waals surface area (Å²) < 4.78 is 11.5. The van der Waals surface area contributed by atoms with Gasteiger partial charge in [-0.1, -0.05) is 6.92 Å². The summed E-state index contributed by atoms with van der Waals surface area (Å²) in [4.78, 5) is 0. The minimum absolute atomic E-state index is 0.0845. The molecule has 0 radical (unpaired) electrons. The molecule has 3 nitrogen and oxygen atoms in total. The summed E-state index contributed by atoms with van der Waals surface area (Å²) in [5.74, 6) is -0.0917. The number of aliphatic hydroxyl groups excluding tert-OH is 1. The van der Waals surface area contributed by atoms with Crippen molar-refractivity contribution < 1.29 is 14.6 Å². The lowest BCUT2D eigenvalue weighted by Gasteiger charge is -2.20. The molecule has 0 amide bonds. The summed E-state index contributed by atoms with van der Waals surface area (Å²) in [6.45, 7) is 6.02. The first kappa shape index (κ1) is 8.21. The average molecular weight is 184 g/mol. The van der Waals surface area contributed by atoms with E-state index < -0.39 is 5.79 Å². The molecule has 0 spiro atoms. The van der Waals surface area contributed by atoms with Crippen LogP contribution in [0.2, 0.25) is 0 Å². The Morgan fingerprint density at radius 3 is 2.54 bits per heavy atom. The van der Waals surface area contributed by atoms with Crippen molar-refractivity contribution in [2.24, 2.45) is 11.3 Å². The largest absolute Gasteiger partial charge is 0.390 e. The lowest BCUT2D eigenvalue weighted by atomic mass is 10.0. The molecule has 2 saturated carbocycles. The maximum Gasteiger partial charge on any atom is 0.163 e. The molecule has 3 rings (SSSR count). The van der Waals surface area contributed by atoms with E-state index in [9.17, 15) is 5.11 Å². The first-order chi connectivity index (χ1) is 5.94. The lowest BCUT2D eigenvalue weighted by Crippen LogP contribution is -2.32. The third-order valence-electron chi connectivity index (χ3n) is 3.87. The second kappa shape index (κ2) is 1.95. The molecule has 3 aliphatic rings. The van der Waals surface area contributed by atoms with Crippen molar-refractivity contribution in [2.45, 2.75) is 51.3 Å². The lowest BCUT2D eigenvalue weighted by molar-refractivity contribution is -0.166. The number of hydrogen-bond acceptors (Lipinski definition) is 3. The van der Waals surface area contributed by atoms with Crippen molar-refractivity contribution in [3.8, 4) is 0 Å². The zero-order chi connectivity index (χ0) is 9.43. The Kier molecular flexibility index (Phi) is 1.23. The van der Waals surface area contributed by atoms with Gasteiger partial charge in [-0.05, 0) is 26.2 Å². The zero-order valence-electron chi connectivity index (χ0n) is 8.28. The predicted molar refractivity (Wildman–Crippen MR) is 46.0 cm³/mol. The summed E-state index contributed by atoms with van der Waals surface area (Å²) in [5, 5.41) is 9.90. The van der Waals surface area contributed by atoms with Gasteiger partial charge in [-0.2, -0.15) is 0 Å². The van der Waals surface area contributed by atoms with E-state index in [-0.39, 0.29) is 23.7 Å². The molecule has 3 heteroatoms. The van der Waals surface area contributed by atoms with Gasteiger partial charge in [-0.25, -0.2) is 0 Å². The summed E-state index contributed by atoms with van der Waals surface area (Å²) in [5.41, 5.74) is 0.192. The predicted octanol–water partition coefficient (Wildman–Crippen LogP) is 0.907. The quantitative estimate of drug-likeness (QED) is 0.608. The van der Waals surface area contributed by atoms with Gasteiger partial charge in [0.15, 0.2) is 5.79 Å². The van der Waals surface area contributed by atoms with Crippen LogP contribution in [0.25, 0.3) is 0 Å². The number of rotatable bonds is 0. The number of ether oxygens (including phenoxy) is 2. The molecule has 13 heavy (non-hydrogen) atoms. The Balaban J connectivity index is 1.92. The average Bonchev–Trinajstić information content (AvgIpc) is 2.52. The Bertz CT molecular complexity index is 263. The Hall–Kier alpha value is -0.120. The fourth-order valence-corrected chi connectivity index (χ4v) is 3.03. The van der Waals surface area contributed by atoms with E-state index in [1.54, 1.807) is 0 Å². The van der Waals surface area contributed by atoms with Crippen LogP contribution in [0.3, 0.4) is 0 Å². The monoisotopic (exact) mass is 184 g/mol. The summed E-state index contributed by atoms with van der Waals surface area (Å²) in [6.07, 6.45) is 0.812. The summed E-state index contributed by atoms with van der Waals surface area (Å²) in [7, 11) is 0. The van der Waals surface area contributed by atoms with Crippen LogP contribution in [0.4, 0.5) is 0 Å². The molecule has 1 saturated heterocycles. The van der Waals surface area contributed by atoms with E-state index in [1.165, 1.54) is 0 Å². The van der Waals surface area contributed by atoms with Crippen molar-refractivity contribution >= 4 is 0 Å². The normalized spacial score (nSPS) is 61.8. The van der Waals surface area contributed by atoms with Crippen LogP contribution >= 0.6 is 0 Å². The van der Waals surface area contributed by atoms with E-state index >= 15 is 0 Å². The highest BCUT2D eigenvalue weighted by atomic mass is 16.8. The van der Waals surface area contributed by atoms with Gasteiger partial charge in [-0.3, -0.25) is 0 Å². The Morgan fingerprint density at radius 1 is 1.23 bits per heavy atom. The van der Waals surface area contributed by atoms with Gasteiger partial charge in [0.1, 0.15) is 6.10 Å². The molecule has 1 N–H and O–H groups in total. The fourth-order valence-electron chi connectivity index (χ4n) is 3.03. The van der Waals surface area contributed by atoms with Crippen LogP contribution in [-0.4, -0.2) is 29.2 Å². The highest BCUT2D eigenvalue weighted by molar-refractivity contribution is 5.20. The van der Waals surface area contributed by atoms with Gasteiger partial charge >= 0.3 is 0 Å². The van der Waals surface area contributed by atoms with Gasteiger partial charge in [-0.15, -0.1) is 0 Å². The molecule has 0 aromatic heterocycles. The third kappa shape index (κ3) is 0.853. The molecule has 0 unspecified atom stereocenters. The first-order valence-corrected chi connectivity index (χ1v) is 4.98. The van der Waals surface area contributed by atoms with Gasteiger partial charge in [0.25, 0.3) is 0 Å². The van der Waals surface area contributed by atoms with E-state index in [4.69, 9.17) is 9.47 Å². The van der Waals surface area contributed by atoms with Crippen molar-refractivity contribution in [1.82, 2.24) is 0 Å². The van der Waals surface area contributed by atoms with E-state index in [2.05, 4.69) is 6.92 Å². The van der Waals surface area contributed by atoms with Crippen molar-refractivity contribution in [2.75, 3.05) is 0 Å². The van der Waals surface area contributed by atoms with Gasteiger partial charge in [0.2, 0.25) is 0 Å². The first-order valence-electron chi connectivity index (χ1n) is 4.98. The van der Waals surface area contributed by atoms with Crippen molar-refractivity contribution in [1.29, 1.82) is 0 Å². The standard InChI is InChI=1S/C10H16O3/c1-9(2)12-7-6(11)5-4-10(5,3)8(7)13-9/h5-8,11H,4H2,1-3H3/t5-,6+,7+,8+,10-/m1/s1. The van der Waals surface area contributed by atoms with Gasteiger partial charge in [0.05, 0.1) is 12.2 Å². The SMILES string of the molecule is CC1(C)O[C@H]2[C@@H](O)[C@H]3C[C@@]3(C)[C@H]2O1. The second-order valence-electron chi connectivity index (χ2n) is 5.33. The molecule has 5 atom stereocenters. The van der Waals surface area contributed by atoms with Crippen LogP contribution in [0, 0.1) is 11.3 Å². The van der Waals surface area contributed by atoms with Crippen LogP contribution in [-0.2, 0) is 9.47 Å². The van der Waals surface area contributed by atoms with E-state index in [0.29, 0.717) is 5.92 Å². The molecular weight excluding hydrogens is 168 g/mol. The van der Waals surface area contributed by atoms with Crippen LogP contribution in [0.5, 0.6) is 0 Å². The minimum atomic E-state index is -0.507. The Labute approximate surface area is 78.0 Å². The van der Waals surface area contributed by atoms with Crippen LogP contribution < -0.4 is 0 Å². The maximum absolute atomic E-state index is 9.90. The number of fused-ring (bicyclic) bond motifs is 3. The molecule has 2 aliphatic carbocycles. The Morgan fingerprint density at radius 2 is 1.92 bits per heavy atom. The van der Waals surface area contributed by atoms with Crippen molar-refractivity contribution in [3.05, 3.63) is 0 Å². The van der Waals surface area contributed by atoms with E-state index in [1.807, 2.05) is 13.8 Å². The zero-order valence-corrected chi connectivity index (χ0v) is 8.28. The molecular formula is C10H16O3. The summed E-state index contributed by atoms with van der Waals surface area (Å²) in [6, 6.07) is 0. The fraction of sp³-hybridized carbons (Fsp3) is 1.00. The molecule has 0 bridgehead atoms. The topological polar surface area (TPSA) is 38.7 Å². The van der Waals surface area contributed by atoms with Crippen molar-refractivity contribution in [3.63, 3.8) is 0 Å². The maximum atomic E-state index is 9.90. The summed E-state index contributed by atoms with van der Waals surface area (Å²) >= 11 is 0. The molecule has 74 valence electrons. The molecule has 0 aromatic carbocycles. The second-order valence-corrected chi connectivity index (χ2v) is 5.33. The molecule has 0 aromatic rings. The van der Waals surface area contributed by atoms with E-state index in [0.717, 1.165) is 6.42 Å². The number of hydrogen-bond donors (Lipinski definition) is 1. The number of aliphatic hydroxyl groups is 1. The van der Waals surface area contributed by atoms with Gasteiger partial charge < -0.3 is 14.6 Å². The van der Waals surface area contributed by atoms with Gasteiger partial charge in [0, 0.05) is 5.41 Å². The van der Waals surface area contributed by atoms with Crippen LogP contribution in [0.1, 0.15) is 27.2 Å². The molecule has 3 fully saturated rings. The molecule has 1 aliphatic heterocycles. The molecule has 1 heterocycles. The third-order valence-corrected chi connectivity index (χ3v) is 3.87. The smallest absolute Gasteiger partial charge is 0.163 e. The highest BCUT2D eigenvalue weighted by Crippen LogP contribution is 2.67. The highest BCUT2D eigenvalue weighted by Gasteiger charge is 2.72. The van der Waals surface area contributed by atoms with Crippen LogP contribution in [0.15, 0.2) is 0 Å².